The molecule has 2 aromatic heterocycles. The van der Waals surface area contributed by atoms with Gasteiger partial charge in [-0.25, -0.2) is 4.79 Å². The lowest BCUT2D eigenvalue weighted by Gasteiger charge is -2.40. The summed E-state index contributed by atoms with van der Waals surface area (Å²) in [7, 11) is 0. The molecule has 4 heterocycles. The molecule has 1 aliphatic carbocycles. The van der Waals surface area contributed by atoms with Gasteiger partial charge < -0.3 is 24.0 Å². The van der Waals surface area contributed by atoms with Crippen LogP contribution < -0.4 is 9.64 Å². The van der Waals surface area contributed by atoms with Crippen molar-refractivity contribution in [2.45, 2.75) is 75.6 Å². The lowest BCUT2D eigenvalue weighted by atomic mass is 9.98. The fraction of sp³-hybridized carbons (Fsp3) is 0.375. The van der Waals surface area contributed by atoms with E-state index in [0.717, 1.165) is 54.7 Å². The average Bonchev–Trinajstić information content (AvgIpc) is 3.42. The molecule has 2 atom stereocenters. The molecule has 1 N–H and O–H groups in total. The minimum absolute atomic E-state index is 0.00468. The first kappa shape index (κ1) is 28.0. The van der Waals surface area contributed by atoms with Crippen LogP contribution in [-0.2, 0) is 11.3 Å². The monoisotopic (exact) mass is 610 g/mol. The van der Waals surface area contributed by atoms with E-state index in [1.165, 1.54) is 23.5 Å². The highest BCUT2D eigenvalue weighted by atomic mass is 32.1. The summed E-state index contributed by atoms with van der Waals surface area (Å²) in [6, 6.07) is 18.4. The number of fused-ring (bicyclic) bond motifs is 2. The minimum Gasteiger partial charge on any atom is -0.477 e. The Hall–Kier alpha value is -3.83. The number of benzene rings is 2. The zero-order valence-electron chi connectivity index (χ0n) is 23.0. The van der Waals surface area contributed by atoms with E-state index in [1.54, 1.807) is 18.2 Å². The molecule has 2 aliphatic heterocycles. The first-order valence-electron chi connectivity index (χ1n) is 14.4. The van der Waals surface area contributed by atoms with E-state index in [4.69, 9.17) is 9.26 Å². The predicted octanol–water partition coefficient (Wildman–Crippen LogP) is 8.26. The molecule has 0 spiro atoms. The fourth-order valence-corrected chi connectivity index (χ4v) is 7.36. The molecule has 3 aliphatic rings. The molecule has 2 saturated heterocycles. The van der Waals surface area contributed by atoms with Crippen molar-refractivity contribution in [3.8, 4) is 27.4 Å². The van der Waals surface area contributed by atoms with Gasteiger partial charge in [-0.05, 0) is 80.5 Å². The molecule has 224 valence electrons. The SMILES string of the molecule is O=C(O)c1ccc(-c2ccc(N3C4CCC3CC(OCc3c(-c5ccccc5OC(F)(F)F)noc3C3CC3)C4)cc2)s1. The molecule has 2 bridgehead atoms. The van der Waals surface area contributed by atoms with Crippen molar-refractivity contribution in [3.05, 3.63) is 76.9 Å². The van der Waals surface area contributed by atoms with Crippen molar-refractivity contribution in [2.24, 2.45) is 0 Å². The summed E-state index contributed by atoms with van der Waals surface area (Å²) >= 11 is 1.26. The van der Waals surface area contributed by atoms with E-state index in [0.29, 0.717) is 34.0 Å². The molecule has 43 heavy (non-hydrogen) atoms. The normalized spacial score (nSPS) is 21.7. The van der Waals surface area contributed by atoms with Crippen LogP contribution in [0.2, 0.25) is 0 Å². The minimum atomic E-state index is -4.82. The van der Waals surface area contributed by atoms with Gasteiger partial charge in [-0.2, -0.15) is 0 Å². The molecule has 0 amide bonds. The number of carbonyl (C=O) groups is 1. The van der Waals surface area contributed by atoms with Gasteiger partial charge in [0, 0.05) is 39.7 Å². The number of ether oxygens (including phenoxy) is 2. The smallest absolute Gasteiger partial charge is 0.477 e. The van der Waals surface area contributed by atoms with Crippen LogP contribution in [0.3, 0.4) is 0 Å². The van der Waals surface area contributed by atoms with Gasteiger partial charge in [-0.1, -0.05) is 29.4 Å². The van der Waals surface area contributed by atoms with Crippen LogP contribution in [0.25, 0.3) is 21.7 Å². The van der Waals surface area contributed by atoms with Crippen molar-refractivity contribution < 1.29 is 37.1 Å². The average molecular weight is 611 g/mol. The Morgan fingerprint density at radius 1 is 1.00 bits per heavy atom. The molecule has 4 aromatic rings. The molecule has 1 saturated carbocycles. The Labute approximate surface area is 249 Å². The number of anilines is 1. The van der Waals surface area contributed by atoms with Gasteiger partial charge in [0.15, 0.2) is 0 Å². The van der Waals surface area contributed by atoms with Crippen LogP contribution in [0.15, 0.2) is 65.2 Å². The Morgan fingerprint density at radius 2 is 1.72 bits per heavy atom. The van der Waals surface area contributed by atoms with Crippen LogP contribution in [0.4, 0.5) is 18.9 Å². The van der Waals surface area contributed by atoms with E-state index in [-0.39, 0.29) is 29.9 Å². The standard InChI is InChI=1S/C32H29F3N2O5S/c33-32(34,35)41-26-4-2-1-3-24(26)29-25(30(42-36-29)19-5-6-19)17-40-23-15-21-11-12-22(16-23)37(21)20-9-7-18(8-10-20)27-13-14-28(43-27)31(38)39/h1-4,7-10,13-14,19,21-23H,5-6,11-12,15-17H2,(H,38,39). The Bertz CT molecular complexity index is 1610. The number of alkyl halides is 3. The second-order valence-electron chi connectivity index (χ2n) is 11.4. The molecular weight excluding hydrogens is 581 g/mol. The molecule has 2 unspecified atom stereocenters. The highest BCUT2D eigenvalue weighted by Gasteiger charge is 2.42. The van der Waals surface area contributed by atoms with Gasteiger partial charge in [0.25, 0.3) is 0 Å². The first-order valence-corrected chi connectivity index (χ1v) is 15.2. The number of nitrogens with zero attached hydrogens (tertiary/aromatic N) is 2. The van der Waals surface area contributed by atoms with Gasteiger partial charge in [0.05, 0.1) is 12.7 Å². The van der Waals surface area contributed by atoms with Gasteiger partial charge >= 0.3 is 12.3 Å². The summed E-state index contributed by atoms with van der Waals surface area (Å²) in [6.07, 6.45) is 0.909. The highest BCUT2D eigenvalue weighted by Crippen LogP contribution is 2.47. The number of para-hydroxylation sites is 1. The van der Waals surface area contributed by atoms with Gasteiger partial charge in [-0.15, -0.1) is 24.5 Å². The van der Waals surface area contributed by atoms with Gasteiger partial charge in [0.2, 0.25) is 0 Å². The van der Waals surface area contributed by atoms with Crippen molar-refractivity contribution in [3.63, 3.8) is 0 Å². The van der Waals surface area contributed by atoms with E-state index in [1.807, 2.05) is 18.2 Å². The summed E-state index contributed by atoms with van der Waals surface area (Å²) < 4.78 is 55.8. The van der Waals surface area contributed by atoms with Crippen molar-refractivity contribution in [2.75, 3.05) is 4.90 Å². The maximum atomic E-state index is 13.1. The first-order chi connectivity index (χ1) is 20.7. The molecule has 3 fully saturated rings. The summed E-state index contributed by atoms with van der Waals surface area (Å²) in [5.74, 6) is -0.329. The topological polar surface area (TPSA) is 85.0 Å². The number of piperidine rings is 1. The molecule has 0 radical (unpaired) electrons. The molecule has 7 rings (SSSR count). The molecule has 2 aromatic carbocycles. The van der Waals surface area contributed by atoms with Crippen molar-refractivity contribution >= 4 is 23.0 Å². The number of aromatic carboxylic acids is 1. The molecular formula is C32H29F3N2O5S. The maximum Gasteiger partial charge on any atom is 0.573 e. The number of aromatic nitrogens is 1. The summed E-state index contributed by atoms with van der Waals surface area (Å²) in [4.78, 5) is 15.0. The number of halogens is 3. The largest absolute Gasteiger partial charge is 0.573 e. The van der Waals surface area contributed by atoms with E-state index < -0.39 is 12.3 Å². The second kappa shape index (κ2) is 11.0. The third-order valence-corrected chi connectivity index (χ3v) is 9.68. The zero-order chi connectivity index (χ0) is 29.7. The predicted molar refractivity (Wildman–Crippen MR) is 154 cm³/mol. The van der Waals surface area contributed by atoms with E-state index in [2.05, 4.69) is 26.9 Å². The summed E-state index contributed by atoms with van der Waals surface area (Å²) in [5.41, 5.74) is 3.40. The highest BCUT2D eigenvalue weighted by molar-refractivity contribution is 7.17. The van der Waals surface area contributed by atoms with Crippen molar-refractivity contribution in [1.82, 2.24) is 5.16 Å². The Morgan fingerprint density at radius 3 is 2.37 bits per heavy atom. The number of rotatable bonds is 9. The number of thiophene rings is 1. The summed E-state index contributed by atoms with van der Waals surface area (Å²) in [5, 5.41) is 13.4. The van der Waals surface area contributed by atoms with Crippen LogP contribution >= 0.6 is 11.3 Å². The number of hydrogen-bond donors (Lipinski definition) is 1. The third kappa shape index (κ3) is 5.75. The maximum absolute atomic E-state index is 13.1. The lowest BCUT2D eigenvalue weighted by Crippen LogP contribution is -2.45. The fourth-order valence-electron chi connectivity index (χ4n) is 6.51. The third-order valence-electron chi connectivity index (χ3n) is 8.55. The van der Waals surface area contributed by atoms with Crippen LogP contribution in [0.1, 0.15) is 65.4 Å². The Balaban J connectivity index is 1.05. The number of carboxylic acids is 1. The number of carboxylic acid groups (broad SMARTS) is 1. The summed E-state index contributed by atoms with van der Waals surface area (Å²) in [6.45, 7) is 0.211. The quantitative estimate of drug-likeness (QED) is 0.204. The zero-order valence-corrected chi connectivity index (χ0v) is 23.9. The van der Waals surface area contributed by atoms with E-state index in [9.17, 15) is 23.1 Å². The van der Waals surface area contributed by atoms with Crippen LogP contribution in [-0.4, -0.2) is 40.8 Å². The van der Waals surface area contributed by atoms with Crippen molar-refractivity contribution in [1.29, 1.82) is 0 Å². The molecule has 11 heteroatoms. The Kier molecular flexibility index (Phi) is 7.17. The van der Waals surface area contributed by atoms with Crippen LogP contribution in [0, 0.1) is 0 Å². The number of hydrogen-bond acceptors (Lipinski definition) is 7. The van der Waals surface area contributed by atoms with Gasteiger partial charge in [0.1, 0.15) is 22.1 Å². The lowest BCUT2D eigenvalue weighted by molar-refractivity contribution is -0.274. The molecule has 7 nitrogen and oxygen atoms in total. The van der Waals surface area contributed by atoms with E-state index >= 15 is 0 Å². The second-order valence-corrected chi connectivity index (χ2v) is 12.5. The van der Waals surface area contributed by atoms with Gasteiger partial charge in [-0.3, -0.25) is 0 Å². The van der Waals surface area contributed by atoms with Crippen LogP contribution in [0.5, 0.6) is 5.75 Å².